The molecule has 2 aliphatic rings. The van der Waals surface area contributed by atoms with Gasteiger partial charge in [-0.25, -0.2) is 0 Å². The van der Waals surface area contributed by atoms with Crippen LogP contribution >= 0.6 is 0 Å². The number of carbonyl (C=O) groups excluding carboxylic acids is 1. The molecule has 0 aromatic heterocycles. The topological polar surface area (TPSA) is 57.5 Å². The first-order valence-electron chi connectivity index (χ1n) is 13.4. The summed E-state index contributed by atoms with van der Waals surface area (Å²) in [5, 5.41) is 20.7. The minimum atomic E-state index is -2.99. The van der Waals surface area contributed by atoms with Crippen molar-refractivity contribution in [2.24, 2.45) is 23.2 Å². The predicted molar refractivity (Wildman–Crippen MR) is 107 cm³/mol. The average molecular weight is 373 g/mol. The van der Waals surface area contributed by atoms with Crippen LogP contribution in [0.5, 0.6) is 0 Å². The maximum Gasteiger partial charge on any atom is 0.136 e. The summed E-state index contributed by atoms with van der Waals surface area (Å²) in [6.45, 7) is -0.205. The normalized spacial score (nSPS) is 35.5. The maximum atomic E-state index is 12.6. The van der Waals surface area contributed by atoms with Gasteiger partial charge < -0.3 is 10.2 Å². The molecule has 0 saturated heterocycles. The van der Waals surface area contributed by atoms with E-state index >= 15 is 0 Å². The quantitative estimate of drug-likeness (QED) is 0.579. The highest BCUT2D eigenvalue weighted by molar-refractivity contribution is 5.83. The fraction of sp³-hybridized carbons (Fsp3) is 0.957. The molecule has 0 radical (unpaired) electrons. The van der Waals surface area contributed by atoms with E-state index in [4.69, 9.17) is 8.22 Å². The minimum absolute atomic E-state index is 0.0703. The standard InChI is InChI=1S/C23H42O3/c1-21(2,25)14-6-9-17(10-7-15-22(3,4)26)18-12-13-19-20(24)11-8-16-23(18,19)5/h17-19,25-26H,6-16H2,1-5H3/t18-,19+,23-/m1/s1/i1D3,2D3/t17-,18+,19-,23+/m0. The lowest BCUT2D eigenvalue weighted by atomic mass is 9.61. The number of rotatable bonds is 9. The minimum Gasteiger partial charge on any atom is -0.390 e. The van der Waals surface area contributed by atoms with E-state index in [1.807, 2.05) is 0 Å². The molecule has 0 bridgehead atoms. The van der Waals surface area contributed by atoms with Gasteiger partial charge in [0.05, 0.1) is 11.2 Å². The lowest BCUT2D eigenvalue weighted by Gasteiger charge is -2.43. The smallest absolute Gasteiger partial charge is 0.136 e. The van der Waals surface area contributed by atoms with Gasteiger partial charge in [-0.05, 0) is 83.3 Å². The maximum absolute atomic E-state index is 12.6. The summed E-state index contributed by atoms with van der Waals surface area (Å²) in [6.07, 6.45) is 7.28. The zero-order chi connectivity index (χ0) is 24.6. The second-order valence-corrected chi connectivity index (χ2v) is 9.78. The summed E-state index contributed by atoms with van der Waals surface area (Å²) in [5.74, 6) is 0.957. The lowest BCUT2D eigenvalue weighted by Crippen LogP contribution is -2.40. The molecule has 2 N–H and O–H groups in total. The van der Waals surface area contributed by atoms with Gasteiger partial charge in [0.2, 0.25) is 0 Å². The molecule has 0 heterocycles. The number of carbonyl (C=O) groups is 1. The molecule has 0 amide bonds. The number of hydrogen-bond acceptors (Lipinski definition) is 3. The SMILES string of the molecule is [2H]C([2H])([2H])C(O)(CCC[C@@H](CCCC(C)(C)O)[C@H]1CC[C@H]2C(=O)CCC[C@]12C)C([2H])([2H])[2H]. The van der Waals surface area contributed by atoms with Crippen LogP contribution in [0.15, 0.2) is 0 Å². The fourth-order valence-electron chi connectivity index (χ4n) is 5.71. The third kappa shape index (κ3) is 5.79. The number of hydrogen-bond donors (Lipinski definition) is 2. The van der Waals surface area contributed by atoms with E-state index in [0.717, 1.165) is 38.5 Å². The summed E-state index contributed by atoms with van der Waals surface area (Å²) < 4.78 is 45.6. The molecule has 0 aromatic rings. The first-order valence-corrected chi connectivity index (χ1v) is 10.4. The van der Waals surface area contributed by atoms with Gasteiger partial charge in [0.25, 0.3) is 0 Å². The van der Waals surface area contributed by atoms with Crippen LogP contribution in [0.1, 0.15) is 113 Å². The summed E-state index contributed by atoms with van der Waals surface area (Å²) in [7, 11) is 0. The highest BCUT2D eigenvalue weighted by Crippen LogP contribution is 2.58. The van der Waals surface area contributed by atoms with Gasteiger partial charge in [-0.15, -0.1) is 0 Å². The van der Waals surface area contributed by atoms with E-state index in [1.54, 1.807) is 13.8 Å². The summed E-state index contributed by atoms with van der Waals surface area (Å²) in [5.41, 5.74) is -3.56. The van der Waals surface area contributed by atoms with Crippen LogP contribution in [0.4, 0.5) is 0 Å². The molecule has 2 fully saturated rings. The van der Waals surface area contributed by atoms with Crippen molar-refractivity contribution in [2.75, 3.05) is 0 Å². The Balaban J connectivity index is 2.16. The second kappa shape index (κ2) is 8.31. The van der Waals surface area contributed by atoms with Crippen LogP contribution in [-0.4, -0.2) is 27.2 Å². The first-order chi connectivity index (χ1) is 14.4. The van der Waals surface area contributed by atoms with Crippen molar-refractivity contribution >= 4 is 5.78 Å². The van der Waals surface area contributed by atoms with Crippen molar-refractivity contribution in [3.63, 3.8) is 0 Å². The second-order valence-electron chi connectivity index (χ2n) is 9.78. The highest BCUT2D eigenvalue weighted by Gasteiger charge is 2.52. The number of aliphatic hydroxyl groups is 2. The van der Waals surface area contributed by atoms with E-state index in [2.05, 4.69) is 6.92 Å². The Morgan fingerprint density at radius 3 is 2.35 bits per heavy atom. The Morgan fingerprint density at radius 1 is 1.15 bits per heavy atom. The van der Waals surface area contributed by atoms with Gasteiger partial charge in [-0.2, -0.15) is 0 Å². The molecular formula is C23H42O3. The first kappa shape index (κ1) is 14.6. The summed E-state index contributed by atoms with van der Waals surface area (Å²) in [6, 6.07) is 0. The predicted octanol–water partition coefficient (Wildman–Crippen LogP) is 5.27. The molecule has 3 heteroatoms. The molecule has 2 rings (SSSR count). The van der Waals surface area contributed by atoms with Crippen LogP contribution in [0.2, 0.25) is 0 Å². The van der Waals surface area contributed by atoms with Gasteiger partial charge in [0.1, 0.15) is 5.78 Å². The van der Waals surface area contributed by atoms with Gasteiger partial charge in [-0.3, -0.25) is 4.79 Å². The Bertz CT molecular complexity index is 638. The van der Waals surface area contributed by atoms with Crippen molar-refractivity contribution in [3.8, 4) is 0 Å². The van der Waals surface area contributed by atoms with Crippen molar-refractivity contribution in [1.29, 1.82) is 0 Å². The molecule has 0 aromatic carbocycles. The van der Waals surface area contributed by atoms with E-state index in [9.17, 15) is 15.0 Å². The summed E-state index contributed by atoms with van der Waals surface area (Å²) in [4.78, 5) is 12.6. The van der Waals surface area contributed by atoms with E-state index in [1.165, 1.54) is 0 Å². The highest BCUT2D eigenvalue weighted by atomic mass is 16.3. The van der Waals surface area contributed by atoms with Crippen LogP contribution in [0.3, 0.4) is 0 Å². The third-order valence-electron chi connectivity index (χ3n) is 6.98. The number of fused-ring (bicyclic) bond motifs is 1. The Hall–Kier alpha value is -0.410. The molecule has 2 aliphatic carbocycles. The van der Waals surface area contributed by atoms with Crippen molar-refractivity contribution < 1.29 is 23.2 Å². The van der Waals surface area contributed by atoms with Crippen LogP contribution in [-0.2, 0) is 4.79 Å². The molecule has 0 spiro atoms. The fourth-order valence-corrected chi connectivity index (χ4v) is 5.71. The molecule has 26 heavy (non-hydrogen) atoms. The van der Waals surface area contributed by atoms with Gasteiger partial charge in [0, 0.05) is 20.6 Å². The van der Waals surface area contributed by atoms with Crippen molar-refractivity contribution in [2.45, 2.75) is 116 Å². The molecule has 152 valence electrons. The van der Waals surface area contributed by atoms with Crippen LogP contribution in [0.25, 0.3) is 0 Å². The largest absolute Gasteiger partial charge is 0.390 e. The Kier molecular flexibility index (Phi) is 4.65. The van der Waals surface area contributed by atoms with Gasteiger partial charge in [0.15, 0.2) is 0 Å². The molecule has 3 nitrogen and oxygen atoms in total. The Morgan fingerprint density at radius 2 is 1.77 bits per heavy atom. The van der Waals surface area contributed by atoms with E-state index < -0.39 is 24.9 Å². The van der Waals surface area contributed by atoms with E-state index in [0.29, 0.717) is 37.4 Å². The number of ketones is 1. The molecular weight excluding hydrogens is 324 g/mol. The van der Waals surface area contributed by atoms with Gasteiger partial charge >= 0.3 is 0 Å². The van der Waals surface area contributed by atoms with Crippen molar-refractivity contribution in [3.05, 3.63) is 0 Å². The average Bonchev–Trinajstić information content (AvgIpc) is 2.95. The van der Waals surface area contributed by atoms with Gasteiger partial charge in [-0.1, -0.05) is 32.6 Å². The van der Waals surface area contributed by atoms with Crippen LogP contribution in [0, 0.1) is 23.2 Å². The zero-order valence-electron chi connectivity index (χ0n) is 22.8. The monoisotopic (exact) mass is 372 g/mol. The molecule has 2 saturated carbocycles. The summed E-state index contributed by atoms with van der Waals surface area (Å²) >= 11 is 0. The third-order valence-corrected chi connectivity index (χ3v) is 6.98. The molecule has 4 atom stereocenters. The zero-order valence-corrected chi connectivity index (χ0v) is 16.8. The molecule has 0 aliphatic heterocycles. The number of Topliss-reactive ketones (excluding diaryl/α,β-unsaturated/α-hetero) is 1. The van der Waals surface area contributed by atoms with Crippen LogP contribution < -0.4 is 0 Å². The van der Waals surface area contributed by atoms with E-state index in [-0.39, 0.29) is 23.7 Å². The Labute approximate surface area is 169 Å². The van der Waals surface area contributed by atoms with Crippen molar-refractivity contribution in [1.82, 2.24) is 0 Å². The molecule has 0 unspecified atom stereocenters. The lowest BCUT2D eigenvalue weighted by molar-refractivity contribution is -0.130.